The molecule has 1 saturated heterocycles. The maximum absolute atomic E-state index is 11.2. The molecule has 0 bridgehead atoms. The Morgan fingerprint density at radius 3 is 2.41 bits per heavy atom. The Morgan fingerprint density at radius 2 is 1.83 bits per heavy atom. The van der Waals surface area contributed by atoms with Crippen molar-refractivity contribution in [2.45, 2.75) is 63.2 Å². The van der Waals surface area contributed by atoms with Crippen molar-refractivity contribution >= 4 is 5.97 Å². The average molecular weight is 397 g/mol. The predicted octanol–water partition coefficient (Wildman–Crippen LogP) is 2.44. The van der Waals surface area contributed by atoms with Crippen LogP contribution in [0.4, 0.5) is 0 Å². The number of carboxylic acids is 1. The quantitative estimate of drug-likeness (QED) is 0.667. The largest absolute Gasteiger partial charge is 0.480 e. The van der Waals surface area contributed by atoms with Crippen molar-refractivity contribution in [3.05, 3.63) is 35.4 Å². The van der Waals surface area contributed by atoms with E-state index in [4.69, 9.17) is 5.26 Å². The molecule has 0 unspecified atom stereocenters. The van der Waals surface area contributed by atoms with Gasteiger partial charge in [-0.25, -0.2) is 0 Å². The molecule has 1 aromatic rings. The number of hydrogen-bond donors (Lipinski definition) is 2. The lowest BCUT2D eigenvalue weighted by molar-refractivity contribution is -0.139. The molecule has 2 N–H and O–H groups in total. The number of carboxylic acid groups (broad SMARTS) is 1. The number of hydrogen-bond acceptors (Lipinski definition) is 5. The Bertz CT molecular complexity index is 726. The van der Waals surface area contributed by atoms with Gasteiger partial charge in [-0.05, 0) is 75.2 Å². The molecule has 1 aromatic carbocycles. The molecule has 156 valence electrons. The van der Waals surface area contributed by atoms with Crippen LogP contribution < -0.4 is 5.32 Å². The number of rotatable bonds is 9. The summed E-state index contributed by atoms with van der Waals surface area (Å²) in [6, 6.07) is 11.6. The highest BCUT2D eigenvalue weighted by Crippen LogP contribution is 2.34. The molecule has 0 radical (unpaired) electrons. The lowest BCUT2D eigenvalue weighted by Crippen LogP contribution is -2.57. The van der Waals surface area contributed by atoms with Gasteiger partial charge in [0.15, 0.2) is 0 Å². The number of piperidine rings is 1. The SMILES string of the molecule is N#Cc1ccc(CN2CCC(NC3CC(N(CC(=O)O)CC4CC4)C3)CC2)cc1. The van der Waals surface area contributed by atoms with Gasteiger partial charge in [-0.2, -0.15) is 5.26 Å². The maximum Gasteiger partial charge on any atom is 0.317 e. The topological polar surface area (TPSA) is 79.6 Å². The fraction of sp³-hybridized carbons (Fsp3) is 0.652. The third kappa shape index (κ3) is 5.79. The summed E-state index contributed by atoms with van der Waals surface area (Å²) in [6.07, 6.45) is 7.05. The van der Waals surface area contributed by atoms with Gasteiger partial charge in [0.2, 0.25) is 0 Å². The fourth-order valence-corrected chi connectivity index (χ4v) is 4.70. The van der Waals surface area contributed by atoms with Crippen LogP contribution in [-0.2, 0) is 11.3 Å². The number of benzene rings is 1. The zero-order valence-corrected chi connectivity index (χ0v) is 17.1. The molecular weight excluding hydrogens is 364 g/mol. The Balaban J connectivity index is 1.16. The van der Waals surface area contributed by atoms with E-state index in [1.165, 1.54) is 31.2 Å². The number of carbonyl (C=O) groups is 1. The van der Waals surface area contributed by atoms with E-state index in [2.05, 4.69) is 33.3 Å². The molecule has 1 aliphatic heterocycles. The predicted molar refractivity (Wildman–Crippen MR) is 111 cm³/mol. The van der Waals surface area contributed by atoms with Crippen LogP contribution >= 0.6 is 0 Å². The number of nitriles is 1. The Morgan fingerprint density at radius 1 is 1.14 bits per heavy atom. The van der Waals surface area contributed by atoms with Gasteiger partial charge in [-0.15, -0.1) is 0 Å². The van der Waals surface area contributed by atoms with Gasteiger partial charge in [-0.3, -0.25) is 14.6 Å². The van der Waals surface area contributed by atoms with E-state index >= 15 is 0 Å². The summed E-state index contributed by atoms with van der Waals surface area (Å²) in [5.41, 5.74) is 1.99. The first kappa shape index (κ1) is 20.3. The van der Waals surface area contributed by atoms with Crippen molar-refractivity contribution in [2.75, 3.05) is 26.2 Å². The molecule has 29 heavy (non-hydrogen) atoms. The van der Waals surface area contributed by atoms with Crippen LogP contribution in [0.1, 0.15) is 49.7 Å². The molecule has 1 heterocycles. The molecule has 3 aliphatic rings. The second kappa shape index (κ2) is 9.25. The molecule has 6 heteroatoms. The minimum absolute atomic E-state index is 0.196. The van der Waals surface area contributed by atoms with E-state index in [1.807, 2.05) is 12.1 Å². The number of aliphatic carboxylic acids is 1. The number of nitrogens with one attached hydrogen (secondary N) is 1. The van der Waals surface area contributed by atoms with Gasteiger partial charge in [0.25, 0.3) is 0 Å². The summed E-state index contributed by atoms with van der Waals surface area (Å²) in [4.78, 5) is 15.9. The van der Waals surface area contributed by atoms with Crippen molar-refractivity contribution in [3.63, 3.8) is 0 Å². The van der Waals surface area contributed by atoms with E-state index in [-0.39, 0.29) is 6.54 Å². The normalized spacial score (nSPS) is 25.5. The molecule has 0 atom stereocenters. The summed E-state index contributed by atoms with van der Waals surface area (Å²) >= 11 is 0. The monoisotopic (exact) mass is 396 g/mol. The number of nitrogens with zero attached hydrogens (tertiary/aromatic N) is 3. The second-order valence-corrected chi connectivity index (χ2v) is 9.11. The molecule has 3 fully saturated rings. The van der Waals surface area contributed by atoms with Crippen LogP contribution in [0.3, 0.4) is 0 Å². The molecule has 0 aromatic heterocycles. The minimum Gasteiger partial charge on any atom is -0.480 e. The van der Waals surface area contributed by atoms with Gasteiger partial charge >= 0.3 is 5.97 Å². The standard InChI is InChI=1S/C23H32N4O2/c24-13-17-1-3-18(4-2-17)14-26-9-7-20(8-10-26)25-21-11-22(12-21)27(16-23(28)29)15-19-5-6-19/h1-4,19-22,25H,5-12,14-16H2,(H,28,29). The van der Waals surface area contributed by atoms with Crippen molar-refractivity contribution in [2.24, 2.45) is 5.92 Å². The second-order valence-electron chi connectivity index (χ2n) is 9.11. The van der Waals surface area contributed by atoms with Crippen LogP contribution in [0.2, 0.25) is 0 Å². The average Bonchev–Trinajstić information content (AvgIpc) is 3.49. The van der Waals surface area contributed by atoms with Crippen molar-refractivity contribution < 1.29 is 9.90 Å². The summed E-state index contributed by atoms with van der Waals surface area (Å²) < 4.78 is 0. The Labute approximate surface area is 173 Å². The van der Waals surface area contributed by atoms with Crippen LogP contribution in [-0.4, -0.2) is 65.2 Å². The number of likely N-dealkylation sites (tertiary alicyclic amines) is 1. The lowest BCUT2D eigenvalue weighted by Gasteiger charge is -2.45. The first-order valence-corrected chi connectivity index (χ1v) is 11.0. The zero-order chi connectivity index (χ0) is 20.2. The van der Waals surface area contributed by atoms with E-state index < -0.39 is 5.97 Å². The summed E-state index contributed by atoms with van der Waals surface area (Å²) in [5, 5.41) is 21.9. The van der Waals surface area contributed by atoms with E-state index in [0.717, 1.165) is 50.5 Å². The maximum atomic E-state index is 11.2. The minimum atomic E-state index is -0.698. The van der Waals surface area contributed by atoms with Gasteiger partial charge < -0.3 is 10.4 Å². The molecule has 2 aliphatic carbocycles. The summed E-state index contributed by atoms with van der Waals surface area (Å²) in [5.74, 6) is 0.0403. The lowest BCUT2D eigenvalue weighted by atomic mass is 9.84. The van der Waals surface area contributed by atoms with Crippen LogP contribution in [0.25, 0.3) is 0 Å². The van der Waals surface area contributed by atoms with Crippen LogP contribution in [0.15, 0.2) is 24.3 Å². The summed E-state index contributed by atoms with van der Waals surface area (Å²) in [6.45, 7) is 4.32. The van der Waals surface area contributed by atoms with Crippen molar-refractivity contribution in [3.8, 4) is 6.07 Å². The zero-order valence-electron chi connectivity index (χ0n) is 17.1. The molecular formula is C23H32N4O2. The highest BCUT2D eigenvalue weighted by molar-refractivity contribution is 5.69. The van der Waals surface area contributed by atoms with Crippen molar-refractivity contribution in [1.82, 2.24) is 15.1 Å². The first-order valence-electron chi connectivity index (χ1n) is 11.0. The van der Waals surface area contributed by atoms with Crippen LogP contribution in [0, 0.1) is 17.2 Å². The van der Waals surface area contributed by atoms with Gasteiger partial charge in [0, 0.05) is 31.2 Å². The highest BCUT2D eigenvalue weighted by Gasteiger charge is 2.38. The smallest absolute Gasteiger partial charge is 0.317 e. The molecule has 4 rings (SSSR count). The van der Waals surface area contributed by atoms with Gasteiger partial charge in [0.05, 0.1) is 18.2 Å². The van der Waals surface area contributed by atoms with Gasteiger partial charge in [-0.1, -0.05) is 12.1 Å². The Kier molecular flexibility index (Phi) is 6.49. The molecule has 2 saturated carbocycles. The summed E-state index contributed by atoms with van der Waals surface area (Å²) in [7, 11) is 0. The third-order valence-electron chi connectivity index (χ3n) is 6.71. The van der Waals surface area contributed by atoms with E-state index in [0.29, 0.717) is 18.1 Å². The van der Waals surface area contributed by atoms with Crippen molar-refractivity contribution in [1.29, 1.82) is 5.26 Å². The molecule has 0 amide bonds. The van der Waals surface area contributed by atoms with E-state index in [1.54, 1.807) is 0 Å². The highest BCUT2D eigenvalue weighted by atomic mass is 16.4. The van der Waals surface area contributed by atoms with Crippen LogP contribution in [0.5, 0.6) is 0 Å². The van der Waals surface area contributed by atoms with E-state index in [9.17, 15) is 9.90 Å². The fourth-order valence-electron chi connectivity index (χ4n) is 4.70. The van der Waals surface area contributed by atoms with Gasteiger partial charge in [0.1, 0.15) is 0 Å². The molecule has 6 nitrogen and oxygen atoms in total. The Hall–Kier alpha value is -1.94. The molecule has 0 spiro atoms. The third-order valence-corrected chi connectivity index (χ3v) is 6.71. The first-order chi connectivity index (χ1) is 14.1.